The van der Waals surface area contributed by atoms with Gasteiger partial charge in [0.15, 0.2) is 0 Å². The molecular weight excluding hydrogens is 228 g/mol. The normalized spacial score (nSPS) is 11.3. The third-order valence-electron chi connectivity index (χ3n) is 2.04. The monoisotopic (exact) mass is 244 g/mol. The van der Waals surface area contributed by atoms with Gasteiger partial charge in [-0.2, -0.15) is 8.42 Å². The van der Waals surface area contributed by atoms with Crippen molar-refractivity contribution in [1.82, 2.24) is 0 Å². The number of hydrogen-bond acceptors (Lipinski definition) is 4. The zero-order chi connectivity index (χ0) is 12.0. The predicted molar refractivity (Wildman–Crippen MR) is 65.0 cm³/mol. The molecule has 0 amide bonds. The topological polar surface area (TPSA) is 92.4 Å². The van der Waals surface area contributed by atoms with E-state index >= 15 is 0 Å². The molecule has 0 bridgehead atoms. The molecule has 0 radical (unpaired) electrons. The highest BCUT2D eigenvalue weighted by molar-refractivity contribution is 7.85. The van der Waals surface area contributed by atoms with Crippen LogP contribution in [0.1, 0.15) is 12.8 Å². The SMILES string of the molecule is Nc1cccc(NCCCCS(=O)(=O)O)c1. The first kappa shape index (κ1) is 12.8. The first-order chi connectivity index (χ1) is 7.47. The van der Waals surface area contributed by atoms with Crippen molar-refractivity contribution in [2.45, 2.75) is 12.8 Å². The van der Waals surface area contributed by atoms with Crippen LogP contribution in [0.4, 0.5) is 11.4 Å². The Balaban J connectivity index is 2.21. The van der Waals surface area contributed by atoms with E-state index in [1.165, 1.54) is 0 Å². The van der Waals surface area contributed by atoms with Crippen LogP contribution in [0.2, 0.25) is 0 Å². The van der Waals surface area contributed by atoms with Crippen LogP contribution in [-0.4, -0.2) is 25.3 Å². The highest BCUT2D eigenvalue weighted by Crippen LogP contribution is 2.11. The molecule has 1 aromatic carbocycles. The van der Waals surface area contributed by atoms with E-state index < -0.39 is 10.1 Å². The van der Waals surface area contributed by atoms with Gasteiger partial charge in [0.1, 0.15) is 0 Å². The minimum atomic E-state index is -3.82. The minimum Gasteiger partial charge on any atom is -0.399 e. The maximum absolute atomic E-state index is 10.4. The first-order valence-corrected chi connectivity index (χ1v) is 6.63. The number of benzene rings is 1. The van der Waals surface area contributed by atoms with Crippen LogP contribution in [-0.2, 0) is 10.1 Å². The Bertz CT molecular complexity index is 431. The van der Waals surface area contributed by atoms with Gasteiger partial charge < -0.3 is 11.1 Å². The van der Waals surface area contributed by atoms with Gasteiger partial charge in [0.25, 0.3) is 10.1 Å². The van der Waals surface area contributed by atoms with E-state index in [-0.39, 0.29) is 5.75 Å². The summed E-state index contributed by atoms with van der Waals surface area (Å²) in [4.78, 5) is 0. The van der Waals surface area contributed by atoms with Crippen molar-refractivity contribution in [3.8, 4) is 0 Å². The number of nitrogen functional groups attached to an aromatic ring is 1. The summed E-state index contributed by atoms with van der Waals surface area (Å²) < 4.78 is 29.4. The van der Waals surface area contributed by atoms with Crippen LogP contribution in [0, 0.1) is 0 Å². The molecule has 16 heavy (non-hydrogen) atoms. The lowest BCUT2D eigenvalue weighted by atomic mass is 10.2. The molecule has 0 fully saturated rings. The van der Waals surface area contributed by atoms with E-state index in [1.54, 1.807) is 6.07 Å². The lowest BCUT2D eigenvalue weighted by Gasteiger charge is -2.06. The van der Waals surface area contributed by atoms with Gasteiger partial charge in [0, 0.05) is 17.9 Å². The van der Waals surface area contributed by atoms with Gasteiger partial charge in [0.05, 0.1) is 5.75 Å². The molecule has 1 rings (SSSR count). The standard InChI is InChI=1S/C10H16N2O3S/c11-9-4-3-5-10(8-9)12-6-1-2-7-16(13,14)15/h3-5,8,12H,1-2,6-7,11H2,(H,13,14,15). The van der Waals surface area contributed by atoms with Gasteiger partial charge in [-0.25, -0.2) is 0 Å². The van der Waals surface area contributed by atoms with E-state index in [4.69, 9.17) is 10.3 Å². The summed E-state index contributed by atoms with van der Waals surface area (Å²) in [5.41, 5.74) is 7.19. The first-order valence-electron chi connectivity index (χ1n) is 5.02. The van der Waals surface area contributed by atoms with Crippen LogP contribution >= 0.6 is 0 Å². The molecule has 1 aromatic rings. The minimum absolute atomic E-state index is 0.189. The Morgan fingerprint density at radius 2 is 2.06 bits per heavy atom. The molecular formula is C10H16N2O3S. The van der Waals surface area contributed by atoms with Crippen LogP contribution in [0.5, 0.6) is 0 Å². The number of unbranched alkanes of at least 4 members (excludes halogenated alkanes) is 1. The summed E-state index contributed by atoms with van der Waals surface area (Å²) in [5.74, 6) is -0.189. The van der Waals surface area contributed by atoms with Crippen molar-refractivity contribution >= 4 is 21.5 Å². The maximum atomic E-state index is 10.4. The van der Waals surface area contributed by atoms with Crippen molar-refractivity contribution in [3.05, 3.63) is 24.3 Å². The van der Waals surface area contributed by atoms with Crippen molar-refractivity contribution in [2.75, 3.05) is 23.3 Å². The van der Waals surface area contributed by atoms with E-state index in [1.807, 2.05) is 18.2 Å². The number of anilines is 2. The fourth-order valence-corrected chi connectivity index (χ4v) is 1.86. The summed E-state index contributed by atoms with van der Waals surface area (Å²) in [6.07, 6.45) is 1.11. The highest BCUT2D eigenvalue weighted by Gasteiger charge is 2.02. The molecule has 0 aliphatic rings. The third kappa shape index (κ3) is 5.57. The van der Waals surface area contributed by atoms with Crippen LogP contribution in [0.3, 0.4) is 0 Å². The Hall–Kier alpha value is -1.27. The molecule has 0 aliphatic carbocycles. The summed E-state index contributed by atoms with van der Waals surface area (Å²) in [5, 5.41) is 3.12. The van der Waals surface area contributed by atoms with Crippen LogP contribution in [0.25, 0.3) is 0 Å². The second-order valence-corrected chi connectivity index (χ2v) is 5.12. The van der Waals surface area contributed by atoms with Gasteiger partial charge in [-0.15, -0.1) is 0 Å². The number of nitrogens with two attached hydrogens (primary N) is 1. The fraction of sp³-hybridized carbons (Fsp3) is 0.400. The Kier molecular flexibility index (Phi) is 4.57. The molecule has 0 spiro atoms. The average molecular weight is 244 g/mol. The van der Waals surface area contributed by atoms with Crippen LogP contribution < -0.4 is 11.1 Å². The van der Waals surface area contributed by atoms with Gasteiger partial charge >= 0.3 is 0 Å². The number of rotatable bonds is 6. The van der Waals surface area contributed by atoms with Gasteiger partial charge in [-0.3, -0.25) is 4.55 Å². The Morgan fingerprint density at radius 1 is 1.31 bits per heavy atom. The average Bonchev–Trinajstić information content (AvgIpc) is 2.15. The van der Waals surface area contributed by atoms with E-state index in [9.17, 15) is 8.42 Å². The second-order valence-electron chi connectivity index (χ2n) is 3.55. The number of hydrogen-bond donors (Lipinski definition) is 3. The molecule has 5 nitrogen and oxygen atoms in total. The molecule has 0 unspecified atom stereocenters. The molecule has 0 aliphatic heterocycles. The molecule has 0 saturated carbocycles. The van der Waals surface area contributed by atoms with E-state index in [2.05, 4.69) is 5.32 Å². The molecule has 0 saturated heterocycles. The van der Waals surface area contributed by atoms with Crippen LogP contribution in [0.15, 0.2) is 24.3 Å². The van der Waals surface area contributed by atoms with Crippen molar-refractivity contribution in [2.24, 2.45) is 0 Å². The van der Waals surface area contributed by atoms with Crippen molar-refractivity contribution < 1.29 is 13.0 Å². The summed E-state index contributed by atoms with van der Waals surface area (Å²) in [6.45, 7) is 0.652. The molecule has 0 heterocycles. The largest absolute Gasteiger partial charge is 0.399 e. The second kappa shape index (κ2) is 5.72. The summed E-state index contributed by atoms with van der Waals surface area (Å²) in [6, 6.07) is 7.33. The van der Waals surface area contributed by atoms with E-state index in [0.717, 1.165) is 5.69 Å². The fourth-order valence-electron chi connectivity index (χ4n) is 1.29. The number of nitrogens with one attached hydrogen (secondary N) is 1. The van der Waals surface area contributed by atoms with Crippen molar-refractivity contribution in [3.63, 3.8) is 0 Å². The smallest absolute Gasteiger partial charge is 0.264 e. The third-order valence-corrected chi connectivity index (χ3v) is 2.85. The Labute approximate surface area is 95.4 Å². The highest BCUT2D eigenvalue weighted by atomic mass is 32.2. The Morgan fingerprint density at radius 3 is 2.69 bits per heavy atom. The molecule has 4 N–H and O–H groups in total. The lowest BCUT2D eigenvalue weighted by molar-refractivity contribution is 0.480. The van der Waals surface area contributed by atoms with Gasteiger partial charge in [-0.05, 0) is 31.0 Å². The maximum Gasteiger partial charge on any atom is 0.264 e. The van der Waals surface area contributed by atoms with Gasteiger partial charge in [-0.1, -0.05) is 6.07 Å². The summed E-state index contributed by atoms with van der Waals surface area (Å²) in [7, 11) is -3.82. The molecule has 6 heteroatoms. The van der Waals surface area contributed by atoms with Gasteiger partial charge in [0.2, 0.25) is 0 Å². The molecule has 0 aromatic heterocycles. The lowest BCUT2D eigenvalue weighted by Crippen LogP contribution is -2.07. The quantitative estimate of drug-likeness (QED) is 0.399. The summed E-state index contributed by atoms with van der Waals surface area (Å²) >= 11 is 0. The zero-order valence-corrected chi connectivity index (χ0v) is 9.70. The molecule has 0 atom stereocenters. The zero-order valence-electron chi connectivity index (χ0n) is 8.89. The van der Waals surface area contributed by atoms with E-state index in [0.29, 0.717) is 25.1 Å². The predicted octanol–water partition coefficient (Wildman–Crippen LogP) is 1.35. The van der Waals surface area contributed by atoms with Crippen molar-refractivity contribution in [1.29, 1.82) is 0 Å². The molecule has 90 valence electrons.